The predicted octanol–water partition coefficient (Wildman–Crippen LogP) is 17.8. The van der Waals surface area contributed by atoms with E-state index in [0.29, 0.717) is 7.28 Å². The van der Waals surface area contributed by atoms with Crippen molar-refractivity contribution in [3.63, 3.8) is 0 Å². The number of para-hydroxylation sites is 1. The molecule has 1 aliphatic heterocycles. The molecule has 0 unspecified atom stereocenters. The Balaban J connectivity index is 1.12. The molecule has 9 aromatic carbocycles. The molecule has 0 saturated carbocycles. The van der Waals surface area contributed by atoms with E-state index in [0.717, 1.165) is 79.6 Å². The van der Waals surface area contributed by atoms with E-state index in [4.69, 9.17) is 8.83 Å². The Morgan fingerprint density at radius 3 is 1.92 bits per heavy atom. The molecule has 0 fully saturated rings. The van der Waals surface area contributed by atoms with Crippen LogP contribution in [0, 0.1) is 0 Å². The van der Waals surface area contributed by atoms with Crippen molar-refractivity contribution in [2.45, 2.75) is 96.8 Å². The minimum Gasteiger partial charge on any atom is -0.456 e. The van der Waals surface area contributed by atoms with Gasteiger partial charge in [-0.3, -0.25) is 0 Å². The third-order valence-corrected chi connectivity index (χ3v) is 18.2. The number of anilines is 2. The molecule has 3 aromatic heterocycles. The van der Waals surface area contributed by atoms with Gasteiger partial charge in [0.15, 0.2) is 7.28 Å². The van der Waals surface area contributed by atoms with Gasteiger partial charge in [0.25, 0.3) is 0 Å². The van der Waals surface area contributed by atoms with Gasteiger partial charge in [0.05, 0.1) is 11.2 Å². The molecule has 5 heteroatoms. The average molecular weight is 985 g/mol. The molecule has 1 N–H and O–H groups in total. The van der Waals surface area contributed by atoms with Gasteiger partial charge < -0.3 is 18.7 Å². The van der Waals surface area contributed by atoms with Crippen LogP contribution in [-0.2, 0) is 21.7 Å². The van der Waals surface area contributed by atoms with Gasteiger partial charge in [-0.05, 0) is 133 Å². The highest BCUT2D eigenvalue weighted by Crippen LogP contribution is 2.59. The Kier molecular flexibility index (Phi) is 9.28. The second-order valence-corrected chi connectivity index (χ2v) is 25.2. The molecule has 0 atom stereocenters. The van der Waals surface area contributed by atoms with Gasteiger partial charge in [-0.1, -0.05) is 183 Å². The zero-order valence-corrected chi connectivity index (χ0v) is 45.1. The Labute approximate surface area is 445 Å². The third-order valence-electron chi connectivity index (χ3n) is 18.2. The topological polar surface area (TPSA) is 43.2 Å². The van der Waals surface area contributed by atoms with Gasteiger partial charge in [-0.15, -0.1) is 0 Å². The number of hydrogen-bond donors (Lipinski definition) is 1. The summed E-state index contributed by atoms with van der Waals surface area (Å²) in [6.07, 6.45) is 2.29. The van der Waals surface area contributed by atoms with Crippen LogP contribution in [0.15, 0.2) is 179 Å². The quantitative estimate of drug-likeness (QED) is 0.175. The maximum absolute atomic E-state index is 7.19. The van der Waals surface area contributed by atoms with Crippen LogP contribution in [-0.4, -0.2) is 11.8 Å². The number of hydrogen-bond acceptors (Lipinski definition) is 3. The Morgan fingerprint density at radius 2 is 1.18 bits per heavy atom. The summed E-state index contributed by atoms with van der Waals surface area (Å²) in [6.45, 7) is 21.7. The van der Waals surface area contributed by atoms with Crippen LogP contribution >= 0.6 is 0 Å². The van der Waals surface area contributed by atoms with Crippen molar-refractivity contribution in [3.8, 4) is 50.4 Å². The monoisotopic (exact) mass is 984 g/mol. The average Bonchev–Trinajstić information content (AvgIpc) is 4.32. The summed E-state index contributed by atoms with van der Waals surface area (Å²) in [5.74, 6) is 0.895. The normalized spacial score (nSPS) is 15.8. The number of nitrogens with one attached hydrogen (secondary N) is 1. The fourth-order valence-corrected chi connectivity index (χ4v) is 14.1. The summed E-state index contributed by atoms with van der Waals surface area (Å²) < 4.78 is 16.6. The molecule has 370 valence electrons. The lowest BCUT2D eigenvalue weighted by atomic mass is 9.57. The summed E-state index contributed by atoms with van der Waals surface area (Å²) in [7, 11) is 0.714. The smallest absolute Gasteiger partial charge is 0.198 e. The number of aromatic nitrogens is 1. The molecular formula is C71H61BN2O2. The highest BCUT2D eigenvalue weighted by Gasteiger charge is 2.45. The third kappa shape index (κ3) is 6.38. The SMILES string of the molecule is CC(C)(C)c1ccc(Nc2cc3oc4ccccc4c3cc2-c2c3c(c4c5cc6c(cc5n5c4c2Bc2cc4oc(-c7ccccc7)c(-c7ccccc7)c4cc2-5)C(C)(C)CCC6(C)C)C(C)(C)c2ccccc2-3)cc1. The van der Waals surface area contributed by atoms with Crippen molar-refractivity contribution in [1.29, 1.82) is 0 Å². The Morgan fingerprint density at radius 1 is 0.526 bits per heavy atom. The lowest BCUT2D eigenvalue weighted by molar-refractivity contribution is 0.332. The minimum absolute atomic E-state index is 0.00668. The fraction of sp³-hybridized carbons (Fsp3) is 0.211. The molecule has 0 saturated heterocycles. The number of benzene rings is 9. The first kappa shape index (κ1) is 45.4. The molecule has 0 radical (unpaired) electrons. The van der Waals surface area contributed by atoms with Gasteiger partial charge >= 0.3 is 0 Å². The maximum atomic E-state index is 7.19. The Hall–Kier alpha value is -8.02. The number of rotatable bonds is 5. The number of nitrogens with zero attached hydrogens (tertiary/aromatic N) is 1. The van der Waals surface area contributed by atoms with E-state index in [2.05, 4.69) is 242 Å². The van der Waals surface area contributed by atoms with Crippen molar-refractivity contribution in [1.82, 2.24) is 4.57 Å². The van der Waals surface area contributed by atoms with Crippen LogP contribution in [0.4, 0.5) is 11.4 Å². The van der Waals surface area contributed by atoms with Crippen LogP contribution < -0.4 is 16.2 Å². The van der Waals surface area contributed by atoms with Crippen molar-refractivity contribution >= 4 is 84.3 Å². The molecule has 12 aromatic rings. The lowest BCUT2D eigenvalue weighted by Gasteiger charge is -2.42. The summed E-state index contributed by atoms with van der Waals surface area (Å²) in [5.41, 5.74) is 26.2. The molecule has 0 spiro atoms. The first-order valence-electron chi connectivity index (χ1n) is 27.4. The van der Waals surface area contributed by atoms with Crippen molar-refractivity contribution in [2.24, 2.45) is 0 Å². The molecule has 4 heterocycles. The summed E-state index contributed by atoms with van der Waals surface area (Å²) >= 11 is 0. The predicted molar refractivity (Wildman–Crippen MR) is 322 cm³/mol. The lowest BCUT2D eigenvalue weighted by Crippen LogP contribution is -2.38. The zero-order valence-electron chi connectivity index (χ0n) is 45.1. The van der Waals surface area contributed by atoms with E-state index in [9.17, 15) is 0 Å². The second-order valence-electron chi connectivity index (χ2n) is 25.2. The maximum Gasteiger partial charge on any atom is 0.198 e. The van der Waals surface area contributed by atoms with Crippen LogP contribution in [0.5, 0.6) is 0 Å². The van der Waals surface area contributed by atoms with Gasteiger partial charge in [-0.25, -0.2) is 0 Å². The van der Waals surface area contributed by atoms with Crippen LogP contribution in [0.1, 0.15) is 103 Å². The van der Waals surface area contributed by atoms with Crippen LogP contribution in [0.2, 0.25) is 0 Å². The van der Waals surface area contributed by atoms with Crippen molar-refractivity contribution in [2.75, 3.05) is 5.32 Å². The zero-order chi connectivity index (χ0) is 51.8. The largest absolute Gasteiger partial charge is 0.456 e. The summed E-state index contributed by atoms with van der Waals surface area (Å²) in [4.78, 5) is 0. The fourth-order valence-electron chi connectivity index (χ4n) is 14.1. The van der Waals surface area contributed by atoms with E-state index in [1.54, 1.807) is 0 Å². The molecular weight excluding hydrogens is 924 g/mol. The molecule has 15 rings (SSSR count). The van der Waals surface area contributed by atoms with E-state index < -0.39 is 0 Å². The standard InChI is InChI=1S/C71H61BN2O2/c1-68(2,3)42-28-30-43(31-29-42)73-54-39-59-46(44-24-17-19-27-57(44)75-59)34-47(54)62-61-45-25-16-18-26-50(45)71(8,9)64(61)63-48-35-51-52(70(6,7)33-32-69(51,4)5)37-55(48)74-56-36-49-58(38-53(56)72-65(62)66(63)74)76-67(41-22-14-11-15-23-41)60(49)40-20-12-10-13-21-40/h10-31,34-39,72-73H,32-33H2,1-9H3. The minimum atomic E-state index is -0.328. The van der Waals surface area contributed by atoms with E-state index in [-0.39, 0.29) is 21.7 Å². The van der Waals surface area contributed by atoms with Gasteiger partial charge in [0.1, 0.15) is 22.5 Å². The second kappa shape index (κ2) is 15.5. The Bertz CT molecular complexity index is 4440. The summed E-state index contributed by atoms with van der Waals surface area (Å²) in [5, 5.41) is 10.1. The van der Waals surface area contributed by atoms with Crippen LogP contribution in [0.3, 0.4) is 0 Å². The van der Waals surface area contributed by atoms with E-state index in [1.807, 2.05) is 0 Å². The van der Waals surface area contributed by atoms with Gasteiger partial charge in [0.2, 0.25) is 0 Å². The number of furan rings is 2. The van der Waals surface area contributed by atoms with Crippen molar-refractivity contribution < 1.29 is 8.83 Å². The molecule has 3 aliphatic rings. The molecule has 2 aliphatic carbocycles. The van der Waals surface area contributed by atoms with Crippen LogP contribution in [0.25, 0.3) is 105 Å². The molecule has 0 amide bonds. The first-order valence-corrected chi connectivity index (χ1v) is 27.4. The number of fused-ring (bicyclic) bond motifs is 14. The van der Waals surface area contributed by atoms with Gasteiger partial charge in [0, 0.05) is 72.0 Å². The first-order chi connectivity index (χ1) is 36.5. The van der Waals surface area contributed by atoms with E-state index >= 15 is 0 Å². The molecule has 0 bridgehead atoms. The molecule has 4 nitrogen and oxygen atoms in total. The van der Waals surface area contributed by atoms with E-state index in [1.165, 1.54) is 88.5 Å². The highest BCUT2D eigenvalue weighted by molar-refractivity contribution is 6.74. The summed E-state index contributed by atoms with van der Waals surface area (Å²) in [6, 6.07) is 63.1. The van der Waals surface area contributed by atoms with Gasteiger partial charge in [-0.2, -0.15) is 0 Å². The highest BCUT2D eigenvalue weighted by atomic mass is 16.3. The molecule has 76 heavy (non-hydrogen) atoms. The van der Waals surface area contributed by atoms with Crippen molar-refractivity contribution in [3.05, 3.63) is 198 Å².